The Balaban J connectivity index is 1.26. The molecule has 2 aromatic carbocycles. The number of para-hydroxylation sites is 1. The molecule has 2 aromatic heterocycles. The summed E-state index contributed by atoms with van der Waals surface area (Å²) >= 11 is 0. The van der Waals surface area contributed by atoms with Gasteiger partial charge in [0.05, 0.1) is 17.4 Å². The number of carbonyl (C=O) groups excluding carboxylic acids is 1. The van der Waals surface area contributed by atoms with E-state index in [4.69, 9.17) is 4.74 Å². The SMILES string of the molecule is O=C(NCc1ccc(-n2cc(-c3n[nH]c4ccccc34)nn2)cc1)C1CCOCC1. The first-order chi connectivity index (χ1) is 14.8. The second-order valence-electron chi connectivity index (χ2n) is 7.44. The lowest BCUT2D eigenvalue weighted by Gasteiger charge is -2.21. The van der Waals surface area contributed by atoms with Crippen LogP contribution >= 0.6 is 0 Å². The zero-order valence-electron chi connectivity index (χ0n) is 16.4. The number of amides is 1. The first-order valence-corrected chi connectivity index (χ1v) is 10.1. The Kier molecular flexibility index (Phi) is 4.98. The monoisotopic (exact) mass is 402 g/mol. The number of H-pyrrole nitrogens is 1. The molecule has 0 aliphatic carbocycles. The van der Waals surface area contributed by atoms with E-state index in [9.17, 15) is 4.79 Å². The molecule has 1 aliphatic rings. The Bertz CT molecular complexity index is 1160. The van der Waals surface area contributed by atoms with Gasteiger partial charge in [-0.05, 0) is 36.6 Å². The lowest BCUT2D eigenvalue weighted by Crippen LogP contribution is -2.33. The van der Waals surface area contributed by atoms with Gasteiger partial charge in [0.25, 0.3) is 0 Å². The van der Waals surface area contributed by atoms with Crippen LogP contribution in [0.15, 0.2) is 54.7 Å². The molecule has 0 saturated carbocycles. The number of rotatable bonds is 5. The Morgan fingerprint density at radius 1 is 1.13 bits per heavy atom. The van der Waals surface area contributed by atoms with Gasteiger partial charge in [-0.15, -0.1) is 5.10 Å². The molecule has 8 heteroatoms. The fourth-order valence-corrected chi connectivity index (χ4v) is 3.72. The summed E-state index contributed by atoms with van der Waals surface area (Å²) in [6.07, 6.45) is 3.46. The molecule has 5 rings (SSSR count). The van der Waals surface area contributed by atoms with Gasteiger partial charge < -0.3 is 10.1 Å². The highest BCUT2D eigenvalue weighted by Gasteiger charge is 2.21. The van der Waals surface area contributed by atoms with Crippen molar-refractivity contribution in [1.29, 1.82) is 0 Å². The number of ether oxygens (including phenoxy) is 1. The minimum atomic E-state index is 0.0599. The van der Waals surface area contributed by atoms with Crippen LogP contribution < -0.4 is 5.32 Å². The first-order valence-electron chi connectivity index (χ1n) is 10.1. The zero-order chi connectivity index (χ0) is 20.3. The van der Waals surface area contributed by atoms with Gasteiger partial charge in [-0.2, -0.15) is 5.10 Å². The molecule has 0 bridgehead atoms. The van der Waals surface area contributed by atoms with E-state index < -0.39 is 0 Å². The normalized spacial score (nSPS) is 14.8. The third-order valence-electron chi connectivity index (χ3n) is 5.47. The maximum atomic E-state index is 12.3. The van der Waals surface area contributed by atoms with Crippen LogP contribution in [-0.2, 0) is 16.1 Å². The van der Waals surface area contributed by atoms with Crippen LogP contribution in [0, 0.1) is 5.92 Å². The number of hydrogen-bond donors (Lipinski definition) is 2. The lowest BCUT2D eigenvalue weighted by atomic mass is 9.99. The minimum absolute atomic E-state index is 0.0599. The van der Waals surface area contributed by atoms with Crippen LogP contribution in [0.25, 0.3) is 28.0 Å². The Morgan fingerprint density at radius 2 is 1.93 bits per heavy atom. The fourth-order valence-electron chi connectivity index (χ4n) is 3.72. The number of carbonyl (C=O) groups is 1. The lowest BCUT2D eigenvalue weighted by molar-refractivity contribution is -0.128. The van der Waals surface area contributed by atoms with Crippen molar-refractivity contribution in [1.82, 2.24) is 30.5 Å². The molecular formula is C22H22N6O2. The van der Waals surface area contributed by atoms with E-state index in [1.807, 2.05) is 54.7 Å². The predicted octanol–water partition coefficient (Wildman–Crippen LogP) is 2.85. The van der Waals surface area contributed by atoms with Gasteiger partial charge in [0, 0.05) is 31.1 Å². The summed E-state index contributed by atoms with van der Waals surface area (Å²) in [5.41, 5.74) is 4.39. The highest BCUT2D eigenvalue weighted by molar-refractivity contribution is 5.91. The molecule has 0 radical (unpaired) electrons. The van der Waals surface area contributed by atoms with Gasteiger partial charge in [-0.1, -0.05) is 35.5 Å². The summed E-state index contributed by atoms with van der Waals surface area (Å²) in [4.78, 5) is 12.3. The number of fused-ring (bicyclic) bond motifs is 1. The summed E-state index contributed by atoms with van der Waals surface area (Å²) in [6, 6.07) is 15.9. The van der Waals surface area contributed by atoms with E-state index in [0.29, 0.717) is 25.5 Å². The number of nitrogens with one attached hydrogen (secondary N) is 2. The number of hydrogen-bond acceptors (Lipinski definition) is 5. The maximum absolute atomic E-state index is 12.3. The molecule has 1 aliphatic heterocycles. The van der Waals surface area contributed by atoms with Crippen LogP contribution in [0.5, 0.6) is 0 Å². The average molecular weight is 402 g/mol. The van der Waals surface area contributed by atoms with Gasteiger partial charge in [0.1, 0.15) is 11.4 Å². The molecule has 1 saturated heterocycles. The molecule has 1 fully saturated rings. The van der Waals surface area contributed by atoms with Crippen LogP contribution in [0.4, 0.5) is 0 Å². The Labute approximate surface area is 173 Å². The molecule has 1 amide bonds. The van der Waals surface area contributed by atoms with E-state index >= 15 is 0 Å². The number of nitrogens with zero attached hydrogens (tertiary/aromatic N) is 4. The number of aromatic amines is 1. The largest absolute Gasteiger partial charge is 0.381 e. The average Bonchev–Trinajstić information content (AvgIpc) is 3.45. The fraction of sp³-hybridized carbons (Fsp3) is 0.273. The summed E-state index contributed by atoms with van der Waals surface area (Å²) in [6.45, 7) is 1.85. The summed E-state index contributed by atoms with van der Waals surface area (Å²) in [7, 11) is 0. The van der Waals surface area contributed by atoms with E-state index in [1.54, 1.807) is 4.68 Å². The van der Waals surface area contributed by atoms with E-state index in [1.165, 1.54) is 0 Å². The van der Waals surface area contributed by atoms with Crippen molar-refractivity contribution in [3.63, 3.8) is 0 Å². The van der Waals surface area contributed by atoms with Gasteiger partial charge >= 0.3 is 0 Å². The Hall–Kier alpha value is -3.52. The molecule has 2 N–H and O–H groups in total. The summed E-state index contributed by atoms with van der Waals surface area (Å²) < 4.78 is 7.04. The van der Waals surface area contributed by atoms with E-state index in [0.717, 1.165) is 40.7 Å². The molecule has 152 valence electrons. The third kappa shape index (κ3) is 3.69. The van der Waals surface area contributed by atoms with Gasteiger partial charge in [0.2, 0.25) is 5.91 Å². The number of aromatic nitrogens is 5. The molecule has 4 aromatic rings. The molecule has 0 spiro atoms. The molecule has 0 unspecified atom stereocenters. The van der Waals surface area contributed by atoms with Gasteiger partial charge in [-0.3, -0.25) is 9.89 Å². The van der Waals surface area contributed by atoms with Crippen molar-refractivity contribution in [2.75, 3.05) is 13.2 Å². The van der Waals surface area contributed by atoms with Gasteiger partial charge in [0.15, 0.2) is 0 Å². The van der Waals surface area contributed by atoms with E-state index in [-0.39, 0.29) is 11.8 Å². The van der Waals surface area contributed by atoms with Crippen molar-refractivity contribution in [3.8, 4) is 17.1 Å². The molecule has 30 heavy (non-hydrogen) atoms. The summed E-state index contributed by atoms with van der Waals surface area (Å²) in [5, 5.41) is 20.0. The molecule has 3 heterocycles. The first kappa shape index (κ1) is 18.5. The second kappa shape index (κ2) is 8.08. The topological polar surface area (TPSA) is 97.7 Å². The summed E-state index contributed by atoms with van der Waals surface area (Å²) in [5.74, 6) is 0.166. The van der Waals surface area contributed by atoms with Crippen molar-refractivity contribution in [3.05, 3.63) is 60.3 Å². The van der Waals surface area contributed by atoms with Crippen molar-refractivity contribution >= 4 is 16.8 Å². The van der Waals surface area contributed by atoms with E-state index in [2.05, 4.69) is 25.8 Å². The van der Waals surface area contributed by atoms with Crippen LogP contribution in [0.1, 0.15) is 18.4 Å². The smallest absolute Gasteiger partial charge is 0.223 e. The quantitative estimate of drug-likeness (QED) is 0.535. The van der Waals surface area contributed by atoms with Crippen molar-refractivity contribution in [2.24, 2.45) is 5.92 Å². The zero-order valence-corrected chi connectivity index (χ0v) is 16.4. The van der Waals surface area contributed by atoms with Crippen molar-refractivity contribution < 1.29 is 9.53 Å². The van der Waals surface area contributed by atoms with Crippen LogP contribution in [0.3, 0.4) is 0 Å². The molecular weight excluding hydrogens is 380 g/mol. The Morgan fingerprint density at radius 3 is 2.77 bits per heavy atom. The minimum Gasteiger partial charge on any atom is -0.381 e. The van der Waals surface area contributed by atoms with Crippen LogP contribution in [0.2, 0.25) is 0 Å². The van der Waals surface area contributed by atoms with Gasteiger partial charge in [-0.25, -0.2) is 4.68 Å². The highest BCUT2D eigenvalue weighted by atomic mass is 16.5. The standard InChI is InChI=1S/C22H22N6O2/c29-22(16-9-11-30-12-10-16)23-13-15-5-7-17(8-6-15)28-14-20(25-27-28)21-18-3-1-2-4-19(18)24-26-21/h1-8,14,16H,9-13H2,(H,23,29)(H,24,26). The third-order valence-corrected chi connectivity index (χ3v) is 5.47. The maximum Gasteiger partial charge on any atom is 0.223 e. The molecule has 8 nitrogen and oxygen atoms in total. The number of benzene rings is 2. The van der Waals surface area contributed by atoms with Crippen LogP contribution in [-0.4, -0.2) is 44.3 Å². The highest BCUT2D eigenvalue weighted by Crippen LogP contribution is 2.24. The predicted molar refractivity (Wildman–Crippen MR) is 112 cm³/mol. The van der Waals surface area contributed by atoms with Crippen molar-refractivity contribution in [2.45, 2.75) is 19.4 Å². The molecule has 0 atom stereocenters. The second-order valence-corrected chi connectivity index (χ2v) is 7.44.